The molecule has 1 aromatic heterocycles. The van der Waals surface area contributed by atoms with Gasteiger partial charge in [0.15, 0.2) is 11.3 Å². The van der Waals surface area contributed by atoms with E-state index in [1.54, 1.807) is 24.3 Å². The average molecular weight is 356 g/mol. The number of ether oxygens (including phenoxy) is 2. The maximum absolute atomic E-state index is 11.5. The molecule has 2 N–H and O–H groups in total. The minimum atomic E-state index is -0.575. The minimum absolute atomic E-state index is 0.0260. The number of benzene rings is 2. The van der Waals surface area contributed by atoms with Gasteiger partial charge in [-0.1, -0.05) is 6.07 Å². The number of methoxy groups -OCH3 is 1. The van der Waals surface area contributed by atoms with Gasteiger partial charge >= 0.3 is 11.6 Å². The van der Waals surface area contributed by atoms with Crippen LogP contribution in [-0.2, 0) is 16.0 Å². The summed E-state index contributed by atoms with van der Waals surface area (Å²) >= 11 is 0. The van der Waals surface area contributed by atoms with Crippen LogP contribution in [0.2, 0.25) is 0 Å². The number of hydrogen-bond acceptors (Lipinski definition) is 7. The van der Waals surface area contributed by atoms with Gasteiger partial charge in [0, 0.05) is 23.9 Å². The van der Waals surface area contributed by atoms with Crippen molar-refractivity contribution >= 4 is 16.9 Å². The second-order valence-electron chi connectivity index (χ2n) is 5.56. The second-order valence-corrected chi connectivity index (χ2v) is 5.56. The smallest absolute Gasteiger partial charge is 0.336 e. The molecule has 0 aliphatic heterocycles. The van der Waals surface area contributed by atoms with Crippen LogP contribution in [0.5, 0.6) is 23.0 Å². The molecule has 1 heterocycles. The standard InChI is InChI=1S/C19H16O7/c1-24-16(22)8-4-11-2-6-13(10-15(11)21)25-19-14(20)7-3-12-5-9-17(23)26-18(12)19/h2-3,5-7,9-10,20-21H,4,8H2,1H3. The third-order valence-electron chi connectivity index (χ3n) is 3.83. The van der Waals surface area contributed by atoms with Gasteiger partial charge in [-0.05, 0) is 36.2 Å². The highest BCUT2D eigenvalue weighted by atomic mass is 16.5. The normalized spacial score (nSPS) is 10.7. The number of hydrogen-bond donors (Lipinski definition) is 2. The summed E-state index contributed by atoms with van der Waals surface area (Å²) < 4.78 is 15.3. The summed E-state index contributed by atoms with van der Waals surface area (Å²) in [5, 5.41) is 20.7. The second kappa shape index (κ2) is 7.18. The fourth-order valence-corrected chi connectivity index (χ4v) is 2.47. The predicted molar refractivity (Wildman–Crippen MR) is 92.7 cm³/mol. The van der Waals surface area contributed by atoms with Gasteiger partial charge in [0.05, 0.1) is 7.11 Å². The van der Waals surface area contributed by atoms with Crippen LogP contribution in [0.15, 0.2) is 51.7 Å². The Hall–Kier alpha value is -3.48. The molecule has 0 amide bonds. The number of fused-ring (bicyclic) bond motifs is 1. The summed E-state index contributed by atoms with van der Waals surface area (Å²) in [6.07, 6.45) is 0.451. The van der Waals surface area contributed by atoms with Gasteiger partial charge < -0.3 is 24.1 Å². The van der Waals surface area contributed by atoms with Crippen molar-refractivity contribution in [2.75, 3.05) is 7.11 Å². The summed E-state index contributed by atoms with van der Waals surface area (Å²) in [5.74, 6) is -0.436. The highest BCUT2D eigenvalue weighted by Crippen LogP contribution is 2.38. The first-order valence-electron chi connectivity index (χ1n) is 7.80. The van der Waals surface area contributed by atoms with E-state index < -0.39 is 5.63 Å². The molecular formula is C19H16O7. The Morgan fingerprint density at radius 1 is 1.08 bits per heavy atom. The van der Waals surface area contributed by atoms with E-state index in [2.05, 4.69) is 4.74 Å². The van der Waals surface area contributed by atoms with Crippen molar-refractivity contribution in [3.05, 3.63) is 58.4 Å². The number of phenols is 2. The molecule has 26 heavy (non-hydrogen) atoms. The van der Waals surface area contributed by atoms with Crippen molar-refractivity contribution in [3.63, 3.8) is 0 Å². The van der Waals surface area contributed by atoms with Gasteiger partial charge in [-0.15, -0.1) is 0 Å². The van der Waals surface area contributed by atoms with Crippen LogP contribution in [0.3, 0.4) is 0 Å². The van der Waals surface area contributed by atoms with Crippen LogP contribution >= 0.6 is 0 Å². The lowest BCUT2D eigenvalue weighted by molar-refractivity contribution is -0.140. The Bertz CT molecular complexity index is 1020. The Balaban J connectivity index is 1.90. The average Bonchev–Trinajstić information content (AvgIpc) is 2.63. The van der Waals surface area contributed by atoms with E-state index >= 15 is 0 Å². The highest BCUT2D eigenvalue weighted by Gasteiger charge is 2.14. The zero-order valence-electron chi connectivity index (χ0n) is 13.9. The van der Waals surface area contributed by atoms with Gasteiger partial charge in [0.1, 0.15) is 11.5 Å². The molecule has 7 heteroatoms. The van der Waals surface area contributed by atoms with Crippen molar-refractivity contribution in [2.24, 2.45) is 0 Å². The lowest BCUT2D eigenvalue weighted by Crippen LogP contribution is -2.02. The fourth-order valence-electron chi connectivity index (χ4n) is 2.47. The predicted octanol–water partition coefficient (Wildman–Crippen LogP) is 3.10. The van der Waals surface area contributed by atoms with E-state index in [-0.39, 0.29) is 41.0 Å². The van der Waals surface area contributed by atoms with Crippen LogP contribution in [0.4, 0.5) is 0 Å². The molecule has 0 radical (unpaired) electrons. The minimum Gasteiger partial charge on any atom is -0.508 e. The molecule has 3 aromatic rings. The molecule has 0 saturated carbocycles. The first kappa shape index (κ1) is 17.3. The first-order valence-corrected chi connectivity index (χ1v) is 7.80. The zero-order chi connectivity index (χ0) is 18.7. The molecule has 0 saturated heterocycles. The molecule has 0 aliphatic carbocycles. The van der Waals surface area contributed by atoms with E-state index in [1.165, 1.54) is 25.3 Å². The van der Waals surface area contributed by atoms with Gasteiger partial charge in [-0.3, -0.25) is 4.79 Å². The van der Waals surface area contributed by atoms with E-state index in [1.807, 2.05) is 0 Å². The molecule has 0 spiro atoms. The monoisotopic (exact) mass is 356 g/mol. The molecule has 0 unspecified atom stereocenters. The van der Waals surface area contributed by atoms with E-state index in [0.717, 1.165) is 0 Å². The summed E-state index contributed by atoms with van der Waals surface area (Å²) in [7, 11) is 1.30. The lowest BCUT2D eigenvalue weighted by atomic mass is 10.1. The fraction of sp³-hybridized carbons (Fsp3) is 0.158. The van der Waals surface area contributed by atoms with Gasteiger partial charge in [0.25, 0.3) is 0 Å². The van der Waals surface area contributed by atoms with E-state index in [9.17, 15) is 19.8 Å². The van der Waals surface area contributed by atoms with Crippen molar-refractivity contribution < 1.29 is 28.9 Å². The molecule has 0 atom stereocenters. The summed E-state index contributed by atoms with van der Waals surface area (Å²) in [6.45, 7) is 0. The maximum Gasteiger partial charge on any atom is 0.336 e. The van der Waals surface area contributed by atoms with Crippen LogP contribution < -0.4 is 10.4 Å². The topological polar surface area (TPSA) is 106 Å². The van der Waals surface area contributed by atoms with Crippen molar-refractivity contribution in [2.45, 2.75) is 12.8 Å². The number of rotatable bonds is 5. The van der Waals surface area contributed by atoms with Gasteiger partial charge in [0.2, 0.25) is 5.75 Å². The Morgan fingerprint density at radius 2 is 1.85 bits per heavy atom. The third kappa shape index (κ3) is 3.61. The Morgan fingerprint density at radius 3 is 2.58 bits per heavy atom. The number of esters is 1. The molecule has 0 fully saturated rings. The zero-order valence-corrected chi connectivity index (χ0v) is 13.9. The molecule has 0 aliphatic rings. The van der Waals surface area contributed by atoms with E-state index in [4.69, 9.17) is 9.15 Å². The Kier molecular flexibility index (Phi) is 4.79. The first-order chi connectivity index (χ1) is 12.5. The SMILES string of the molecule is COC(=O)CCc1ccc(Oc2c(O)ccc3ccc(=O)oc23)cc1O. The number of carbonyl (C=O) groups excluding carboxylic acids is 1. The molecule has 7 nitrogen and oxygen atoms in total. The van der Waals surface area contributed by atoms with Crippen molar-refractivity contribution in [1.29, 1.82) is 0 Å². The van der Waals surface area contributed by atoms with Crippen LogP contribution in [-0.4, -0.2) is 23.3 Å². The largest absolute Gasteiger partial charge is 0.508 e. The van der Waals surface area contributed by atoms with Crippen LogP contribution in [0, 0.1) is 0 Å². The van der Waals surface area contributed by atoms with Crippen LogP contribution in [0.1, 0.15) is 12.0 Å². The lowest BCUT2D eigenvalue weighted by Gasteiger charge is -2.11. The number of aryl methyl sites for hydroxylation is 1. The molecular weight excluding hydrogens is 340 g/mol. The molecule has 134 valence electrons. The molecule has 3 rings (SSSR count). The number of phenolic OH excluding ortho intramolecular Hbond substituents is 2. The summed E-state index contributed by atoms with van der Waals surface area (Å²) in [6, 6.07) is 10.4. The summed E-state index contributed by atoms with van der Waals surface area (Å²) in [5.41, 5.74) is 0.0807. The van der Waals surface area contributed by atoms with Gasteiger partial charge in [-0.25, -0.2) is 4.79 Å². The van der Waals surface area contributed by atoms with Crippen LogP contribution in [0.25, 0.3) is 11.0 Å². The molecule has 0 bridgehead atoms. The van der Waals surface area contributed by atoms with E-state index in [0.29, 0.717) is 17.4 Å². The summed E-state index contributed by atoms with van der Waals surface area (Å²) in [4.78, 5) is 22.7. The quantitative estimate of drug-likeness (QED) is 0.534. The number of carbonyl (C=O) groups is 1. The maximum atomic E-state index is 11.5. The molecule has 2 aromatic carbocycles. The highest BCUT2D eigenvalue weighted by molar-refractivity contribution is 5.85. The van der Waals surface area contributed by atoms with Crippen molar-refractivity contribution in [1.82, 2.24) is 0 Å². The number of aromatic hydroxyl groups is 2. The Labute approximate surface area is 148 Å². The van der Waals surface area contributed by atoms with Crippen molar-refractivity contribution in [3.8, 4) is 23.0 Å². The van der Waals surface area contributed by atoms with Gasteiger partial charge in [-0.2, -0.15) is 0 Å². The third-order valence-corrected chi connectivity index (χ3v) is 3.83.